The van der Waals surface area contributed by atoms with Gasteiger partial charge in [-0.05, 0) is 36.8 Å². The molecule has 1 aliphatic rings. The molecule has 1 aliphatic heterocycles. The van der Waals surface area contributed by atoms with Crippen molar-refractivity contribution in [3.05, 3.63) is 53.9 Å². The van der Waals surface area contributed by atoms with Crippen molar-refractivity contribution >= 4 is 5.91 Å². The van der Waals surface area contributed by atoms with Crippen molar-refractivity contribution in [2.45, 2.75) is 32.7 Å². The number of aromatic nitrogens is 1. The molecule has 0 radical (unpaired) electrons. The maximum absolute atomic E-state index is 13.0. The van der Waals surface area contributed by atoms with Crippen LogP contribution >= 0.6 is 0 Å². The van der Waals surface area contributed by atoms with Gasteiger partial charge in [0.05, 0.1) is 25.5 Å². The Labute approximate surface area is 148 Å². The monoisotopic (exact) mass is 340 g/mol. The van der Waals surface area contributed by atoms with Gasteiger partial charge in [0.15, 0.2) is 11.5 Å². The van der Waals surface area contributed by atoms with Gasteiger partial charge in [-0.1, -0.05) is 19.4 Å². The minimum atomic E-state index is -0.00486. The molecule has 0 aliphatic carbocycles. The predicted molar refractivity (Wildman–Crippen MR) is 95.9 cm³/mol. The molecule has 5 nitrogen and oxygen atoms in total. The van der Waals surface area contributed by atoms with Crippen molar-refractivity contribution in [3.8, 4) is 11.5 Å². The summed E-state index contributed by atoms with van der Waals surface area (Å²) in [6, 6.07) is 11.2. The van der Waals surface area contributed by atoms with Gasteiger partial charge in [0, 0.05) is 24.7 Å². The van der Waals surface area contributed by atoms with Gasteiger partial charge < -0.3 is 14.4 Å². The van der Waals surface area contributed by atoms with Gasteiger partial charge in [-0.2, -0.15) is 0 Å². The fourth-order valence-electron chi connectivity index (χ4n) is 2.77. The first-order valence-electron chi connectivity index (χ1n) is 8.86. The number of nitrogens with zero attached hydrogens (tertiary/aromatic N) is 2. The number of hydrogen-bond acceptors (Lipinski definition) is 4. The predicted octanol–water partition coefficient (Wildman–Crippen LogP) is 3.69. The lowest BCUT2D eigenvalue weighted by atomic mass is 10.1. The zero-order valence-electron chi connectivity index (χ0n) is 14.6. The summed E-state index contributed by atoms with van der Waals surface area (Å²) >= 11 is 0. The third kappa shape index (κ3) is 4.50. The second-order valence-corrected chi connectivity index (χ2v) is 6.11. The van der Waals surface area contributed by atoms with E-state index < -0.39 is 0 Å². The van der Waals surface area contributed by atoms with Crippen LogP contribution in [0.5, 0.6) is 11.5 Å². The van der Waals surface area contributed by atoms with Crippen molar-refractivity contribution in [1.82, 2.24) is 9.88 Å². The van der Waals surface area contributed by atoms with Gasteiger partial charge in [0.2, 0.25) is 0 Å². The van der Waals surface area contributed by atoms with Gasteiger partial charge in [0.25, 0.3) is 5.91 Å². The number of rotatable bonds is 6. The van der Waals surface area contributed by atoms with E-state index in [-0.39, 0.29) is 5.91 Å². The minimum absolute atomic E-state index is 0.00486. The first-order valence-corrected chi connectivity index (χ1v) is 8.86. The molecule has 1 aromatic heterocycles. The molecule has 0 fully saturated rings. The number of amides is 1. The Bertz CT molecular complexity index is 703. The number of carbonyl (C=O) groups excluding carboxylic acids is 1. The molecular weight excluding hydrogens is 316 g/mol. The van der Waals surface area contributed by atoms with Crippen molar-refractivity contribution in [3.63, 3.8) is 0 Å². The third-order valence-corrected chi connectivity index (χ3v) is 4.14. The highest BCUT2D eigenvalue weighted by atomic mass is 16.5. The molecule has 2 heterocycles. The molecule has 1 aromatic carbocycles. The van der Waals surface area contributed by atoms with Crippen molar-refractivity contribution in [2.24, 2.45) is 0 Å². The summed E-state index contributed by atoms with van der Waals surface area (Å²) in [5, 5.41) is 0. The fourth-order valence-corrected chi connectivity index (χ4v) is 2.77. The molecular formula is C20H24N2O3. The Kier molecular flexibility index (Phi) is 5.88. The molecule has 0 unspecified atom stereocenters. The van der Waals surface area contributed by atoms with Crippen LogP contribution in [-0.4, -0.2) is 35.5 Å². The van der Waals surface area contributed by atoms with Crippen LogP contribution in [0.4, 0.5) is 0 Å². The molecule has 132 valence electrons. The number of benzene rings is 1. The van der Waals surface area contributed by atoms with Crippen LogP contribution in [0.1, 0.15) is 42.2 Å². The van der Waals surface area contributed by atoms with Crippen LogP contribution in [0.3, 0.4) is 0 Å². The third-order valence-electron chi connectivity index (χ3n) is 4.14. The van der Waals surface area contributed by atoms with Crippen molar-refractivity contribution in [1.29, 1.82) is 0 Å². The Hall–Kier alpha value is -2.56. The summed E-state index contributed by atoms with van der Waals surface area (Å²) in [4.78, 5) is 19.2. The SMILES string of the molecule is CCCCN(Cc1ccccn1)C(=O)c1ccc2c(c1)OCCCO2. The lowest BCUT2D eigenvalue weighted by Crippen LogP contribution is -2.31. The van der Waals surface area contributed by atoms with E-state index in [1.54, 1.807) is 12.3 Å². The number of unbranched alkanes of at least 4 members (excludes halogenated alkanes) is 1. The molecule has 0 atom stereocenters. The smallest absolute Gasteiger partial charge is 0.254 e. The van der Waals surface area contributed by atoms with E-state index >= 15 is 0 Å². The topological polar surface area (TPSA) is 51.7 Å². The van der Waals surface area contributed by atoms with E-state index in [9.17, 15) is 4.79 Å². The number of ether oxygens (including phenoxy) is 2. The average Bonchev–Trinajstić information content (AvgIpc) is 2.90. The van der Waals surface area contributed by atoms with E-state index in [4.69, 9.17) is 9.47 Å². The zero-order chi connectivity index (χ0) is 17.5. The lowest BCUT2D eigenvalue weighted by Gasteiger charge is -2.23. The van der Waals surface area contributed by atoms with E-state index in [1.165, 1.54) is 0 Å². The highest BCUT2D eigenvalue weighted by Crippen LogP contribution is 2.31. The summed E-state index contributed by atoms with van der Waals surface area (Å²) in [5.74, 6) is 1.35. The Balaban J connectivity index is 1.80. The van der Waals surface area contributed by atoms with Gasteiger partial charge in [0.1, 0.15) is 0 Å². The lowest BCUT2D eigenvalue weighted by molar-refractivity contribution is 0.0738. The number of fused-ring (bicyclic) bond motifs is 1. The van der Waals surface area contributed by atoms with Crippen molar-refractivity contribution in [2.75, 3.05) is 19.8 Å². The van der Waals surface area contributed by atoms with Gasteiger partial charge in [-0.15, -0.1) is 0 Å². The Morgan fingerprint density at radius 1 is 1.16 bits per heavy atom. The largest absolute Gasteiger partial charge is 0.490 e. The van der Waals surface area contributed by atoms with E-state index in [1.807, 2.05) is 35.2 Å². The van der Waals surface area contributed by atoms with Crippen LogP contribution < -0.4 is 9.47 Å². The normalized spacial score (nSPS) is 13.2. The minimum Gasteiger partial charge on any atom is -0.490 e. The summed E-state index contributed by atoms with van der Waals surface area (Å²) < 4.78 is 11.4. The molecule has 0 spiro atoms. The number of carbonyl (C=O) groups is 1. The standard InChI is InChI=1S/C20H24N2O3/c1-2-3-11-22(15-17-7-4-5-10-21-17)20(23)16-8-9-18-19(14-16)25-13-6-12-24-18/h4-5,7-10,14H,2-3,6,11-13,15H2,1H3. The summed E-state index contributed by atoms with van der Waals surface area (Å²) in [6.45, 7) is 4.59. The van der Waals surface area contributed by atoms with E-state index in [0.29, 0.717) is 43.4 Å². The number of pyridine rings is 1. The molecule has 3 rings (SSSR count). The van der Waals surface area contributed by atoms with Gasteiger partial charge in [-0.25, -0.2) is 0 Å². The van der Waals surface area contributed by atoms with E-state index in [2.05, 4.69) is 11.9 Å². The maximum Gasteiger partial charge on any atom is 0.254 e. The van der Waals surface area contributed by atoms with Gasteiger partial charge in [-0.3, -0.25) is 9.78 Å². The first-order chi connectivity index (χ1) is 12.3. The Morgan fingerprint density at radius 2 is 2.00 bits per heavy atom. The maximum atomic E-state index is 13.0. The Morgan fingerprint density at radius 3 is 2.76 bits per heavy atom. The van der Waals surface area contributed by atoms with Gasteiger partial charge >= 0.3 is 0 Å². The van der Waals surface area contributed by atoms with Crippen LogP contribution in [-0.2, 0) is 6.54 Å². The summed E-state index contributed by atoms with van der Waals surface area (Å²) in [7, 11) is 0. The van der Waals surface area contributed by atoms with Crippen LogP contribution in [0.25, 0.3) is 0 Å². The second-order valence-electron chi connectivity index (χ2n) is 6.11. The molecule has 1 amide bonds. The van der Waals surface area contributed by atoms with Crippen molar-refractivity contribution < 1.29 is 14.3 Å². The molecule has 0 saturated heterocycles. The fraction of sp³-hybridized carbons (Fsp3) is 0.400. The van der Waals surface area contributed by atoms with Crippen LogP contribution in [0.2, 0.25) is 0 Å². The highest BCUT2D eigenvalue weighted by Gasteiger charge is 2.19. The molecule has 0 saturated carbocycles. The van der Waals surface area contributed by atoms with E-state index in [0.717, 1.165) is 25.0 Å². The molecule has 5 heteroatoms. The zero-order valence-corrected chi connectivity index (χ0v) is 14.6. The quantitative estimate of drug-likeness (QED) is 0.805. The summed E-state index contributed by atoms with van der Waals surface area (Å²) in [5.41, 5.74) is 1.51. The first kappa shape index (κ1) is 17.3. The molecule has 25 heavy (non-hydrogen) atoms. The second kappa shape index (κ2) is 8.51. The average molecular weight is 340 g/mol. The molecule has 2 aromatic rings. The highest BCUT2D eigenvalue weighted by molar-refractivity contribution is 5.94. The van der Waals surface area contributed by atoms with Crippen LogP contribution in [0, 0.1) is 0 Å². The number of hydrogen-bond donors (Lipinski definition) is 0. The summed E-state index contributed by atoms with van der Waals surface area (Å²) in [6.07, 6.45) is 4.60. The molecule has 0 bridgehead atoms. The van der Waals surface area contributed by atoms with Crippen LogP contribution in [0.15, 0.2) is 42.6 Å². The molecule has 0 N–H and O–H groups in total.